The van der Waals surface area contributed by atoms with Gasteiger partial charge in [-0.1, -0.05) is 33.6 Å². The van der Waals surface area contributed by atoms with E-state index in [-0.39, 0.29) is 0 Å². The third-order valence-electron chi connectivity index (χ3n) is 3.92. The van der Waals surface area contributed by atoms with E-state index >= 15 is 0 Å². The van der Waals surface area contributed by atoms with Crippen LogP contribution in [0.4, 0.5) is 0 Å². The van der Waals surface area contributed by atoms with Crippen LogP contribution in [0.5, 0.6) is 0 Å². The second-order valence-electron chi connectivity index (χ2n) is 4.65. The van der Waals surface area contributed by atoms with E-state index in [4.69, 9.17) is 0 Å². The fourth-order valence-electron chi connectivity index (χ4n) is 2.83. The molecule has 0 aromatic heterocycles. The average molecular weight is 183 g/mol. The van der Waals surface area contributed by atoms with Crippen molar-refractivity contribution in [3.63, 3.8) is 0 Å². The molecule has 0 saturated carbocycles. The summed E-state index contributed by atoms with van der Waals surface area (Å²) in [6, 6.07) is 0.875. The van der Waals surface area contributed by atoms with Gasteiger partial charge in [0.05, 0.1) is 0 Å². The predicted molar refractivity (Wildman–Crippen MR) is 58.9 cm³/mol. The van der Waals surface area contributed by atoms with Crippen LogP contribution in [0.25, 0.3) is 0 Å². The number of hydrogen-bond donors (Lipinski definition) is 0. The molecule has 1 saturated heterocycles. The van der Waals surface area contributed by atoms with Gasteiger partial charge in [-0.2, -0.15) is 0 Å². The van der Waals surface area contributed by atoms with E-state index in [0.717, 1.165) is 17.9 Å². The molecule has 1 heteroatoms. The second kappa shape index (κ2) is 4.99. The molecule has 0 spiro atoms. The summed E-state index contributed by atoms with van der Waals surface area (Å²) < 4.78 is 0. The van der Waals surface area contributed by atoms with Crippen LogP contribution < -0.4 is 0 Å². The van der Waals surface area contributed by atoms with Crippen LogP contribution in [-0.4, -0.2) is 24.5 Å². The molecule has 0 amide bonds. The SMILES string of the molecule is CCC(C)C(CC)C1CCCN1C. The van der Waals surface area contributed by atoms with Crippen molar-refractivity contribution in [3.05, 3.63) is 0 Å². The van der Waals surface area contributed by atoms with Gasteiger partial charge in [0.15, 0.2) is 0 Å². The molecule has 0 aliphatic carbocycles. The van der Waals surface area contributed by atoms with Gasteiger partial charge in [-0.25, -0.2) is 0 Å². The minimum atomic E-state index is 0.875. The first kappa shape index (κ1) is 11.0. The van der Waals surface area contributed by atoms with Gasteiger partial charge in [0.1, 0.15) is 0 Å². The molecule has 0 N–H and O–H groups in total. The largest absolute Gasteiger partial charge is 0.303 e. The van der Waals surface area contributed by atoms with E-state index in [1.807, 2.05) is 0 Å². The Morgan fingerprint density at radius 2 is 2.00 bits per heavy atom. The maximum atomic E-state index is 2.57. The monoisotopic (exact) mass is 183 g/mol. The maximum Gasteiger partial charge on any atom is 0.0123 e. The minimum absolute atomic E-state index is 0.875. The van der Waals surface area contributed by atoms with Crippen molar-refractivity contribution in [3.8, 4) is 0 Å². The van der Waals surface area contributed by atoms with Gasteiger partial charge in [-0.15, -0.1) is 0 Å². The zero-order chi connectivity index (χ0) is 9.84. The van der Waals surface area contributed by atoms with Gasteiger partial charge < -0.3 is 4.90 Å². The van der Waals surface area contributed by atoms with Crippen molar-refractivity contribution in [2.75, 3.05) is 13.6 Å². The van der Waals surface area contributed by atoms with E-state index in [9.17, 15) is 0 Å². The number of hydrogen-bond acceptors (Lipinski definition) is 1. The Kier molecular flexibility index (Phi) is 4.24. The number of nitrogens with zero attached hydrogens (tertiary/aromatic N) is 1. The highest BCUT2D eigenvalue weighted by Crippen LogP contribution is 2.31. The Bertz CT molecular complexity index is 144. The van der Waals surface area contributed by atoms with Crippen LogP contribution in [0.2, 0.25) is 0 Å². The summed E-state index contributed by atoms with van der Waals surface area (Å²) in [6.07, 6.45) is 5.53. The normalized spacial score (nSPS) is 29.1. The lowest BCUT2D eigenvalue weighted by atomic mass is 9.82. The Balaban J connectivity index is 2.54. The average Bonchev–Trinajstić information content (AvgIpc) is 2.53. The molecule has 1 rings (SSSR count). The van der Waals surface area contributed by atoms with E-state index < -0.39 is 0 Å². The highest BCUT2D eigenvalue weighted by atomic mass is 15.1. The molecule has 0 bridgehead atoms. The van der Waals surface area contributed by atoms with Crippen LogP contribution in [0.3, 0.4) is 0 Å². The van der Waals surface area contributed by atoms with Crippen molar-refractivity contribution in [2.24, 2.45) is 11.8 Å². The molecule has 0 radical (unpaired) electrons. The van der Waals surface area contributed by atoms with E-state index in [0.29, 0.717) is 0 Å². The zero-order valence-electron chi connectivity index (χ0n) is 9.71. The predicted octanol–water partition coefficient (Wildman–Crippen LogP) is 3.15. The third-order valence-corrected chi connectivity index (χ3v) is 3.92. The first-order valence-electron chi connectivity index (χ1n) is 5.90. The molecule has 1 nitrogen and oxygen atoms in total. The molecule has 3 atom stereocenters. The molecule has 0 aromatic rings. The molecule has 3 unspecified atom stereocenters. The number of likely N-dealkylation sites (tertiary alicyclic amines) is 1. The Morgan fingerprint density at radius 1 is 1.31 bits per heavy atom. The van der Waals surface area contributed by atoms with Crippen LogP contribution in [0, 0.1) is 11.8 Å². The molecule has 1 aliphatic rings. The van der Waals surface area contributed by atoms with Crippen molar-refractivity contribution < 1.29 is 0 Å². The minimum Gasteiger partial charge on any atom is -0.303 e. The summed E-state index contributed by atoms with van der Waals surface area (Å²) in [5.74, 6) is 1.83. The lowest BCUT2D eigenvalue weighted by molar-refractivity contribution is 0.169. The Morgan fingerprint density at radius 3 is 2.38 bits per heavy atom. The molecule has 1 aliphatic heterocycles. The topological polar surface area (TPSA) is 3.24 Å². The summed E-state index contributed by atoms with van der Waals surface area (Å²) in [4.78, 5) is 2.57. The summed E-state index contributed by atoms with van der Waals surface area (Å²) >= 11 is 0. The summed E-state index contributed by atoms with van der Waals surface area (Å²) in [5, 5.41) is 0. The lowest BCUT2D eigenvalue weighted by Crippen LogP contribution is -2.35. The van der Waals surface area contributed by atoms with Gasteiger partial charge in [-0.05, 0) is 38.3 Å². The van der Waals surface area contributed by atoms with Gasteiger partial charge in [0.25, 0.3) is 0 Å². The summed E-state index contributed by atoms with van der Waals surface area (Å²) in [6.45, 7) is 8.41. The highest BCUT2D eigenvalue weighted by molar-refractivity contribution is 4.84. The molecular formula is C12H25N. The Labute approximate surface area is 83.5 Å². The molecule has 78 valence electrons. The molecular weight excluding hydrogens is 158 g/mol. The van der Waals surface area contributed by atoms with Crippen LogP contribution >= 0.6 is 0 Å². The van der Waals surface area contributed by atoms with Crippen LogP contribution in [-0.2, 0) is 0 Å². The quantitative estimate of drug-likeness (QED) is 0.647. The summed E-state index contributed by atoms with van der Waals surface area (Å²) in [5.41, 5.74) is 0. The van der Waals surface area contributed by atoms with E-state index in [1.54, 1.807) is 0 Å². The second-order valence-corrected chi connectivity index (χ2v) is 4.65. The van der Waals surface area contributed by atoms with Crippen molar-refractivity contribution in [1.82, 2.24) is 4.90 Å². The van der Waals surface area contributed by atoms with Crippen molar-refractivity contribution in [2.45, 2.75) is 52.5 Å². The third kappa shape index (κ3) is 2.46. The van der Waals surface area contributed by atoms with Crippen LogP contribution in [0.1, 0.15) is 46.5 Å². The first-order valence-corrected chi connectivity index (χ1v) is 5.90. The van der Waals surface area contributed by atoms with E-state index in [2.05, 4.69) is 32.7 Å². The standard InChI is InChI=1S/C12H25N/c1-5-10(3)11(6-2)12-8-7-9-13(12)4/h10-12H,5-9H2,1-4H3. The van der Waals surface area contributed by atoms with Gasteiger partial charge in [-0.3, -0.25) is 0 Å². The fraction of sp³-hybridized carbons (Fsp3) is 1.00. The number of rotatable bonds is 4. The molecule has 13 heavy (non-hydrogen) atoms. The maximum absolute atomic E-state index is 2.57. The smallest absolute Gasteiger partial charge is 0.0123 e. The molecule has 1 heterocycles. The van der Waals surface area contributed by atoms with Gasteiger partial charge >= 0.3 is 0 Å². The lowest BCUT2D eigenvalue weighted by Gasteiger charge is -2.32. The van der Waals surface area contributed by atoms with Crippen molar-refractivity contribution >= 4 is 0 Å². The highest BCUT2D eigenvalue weighted by Gasteiger charge is 2.30. The zero-order valence-corrected chi connectivity index (χ0v) is 9.71. The van der Waals surface area contributed by atoms with Crippen molar-refractivity contribution in [1.29, 1.82) is 0 Å². The van der Waals surface area contributed by atoms with Gasteiger partial charge in [0, 0.05) is 6.04 Å². The molecule has 1 fully saturated rings. The van der Waals surface area contributed by atoms with Crippen LogP contribution in [0.15, 0.2) is 0 Å². The summed E-state index contributed by atoms with van der Waals surface area (Å²) in [7, 11) is 2.29. The van der Waals surface area contributed by atoms with E-state index in [1.165, 1.54) is 32.2 Å². The van der Waals surface area contributed by atoms with Gasteiger partial charge in [0.2, 0.25) is 0 Å². The Hall–Kier alpha value is -0.0400. The fourth-order valence-corrected chi connectivity index (χ4v) is 2.83. The first-order chi connectivity index (χ1) is 6.20. The molecule has 0 aromatic carbocycles.